The number of hydrogen-bond acceptors (Lipinski definition) is 4. The Morgan fingerprint density at radius 1 is 1.10 bits per heavy atom. The molecule has 0 saturated heterocycles. The van der Waals surface area contributed by atoms with Gasteiger partial charge in [0.25, 0.3) is 11.8 Å². The van der Waals surface area contributed by atoms with E-state index in [2.05, 4.69) is 10.5 Å². The minimum absolute atomic E-state index is 0.146. The van der Waals surface area contributed by atoms with Crippen LogP contribution in [0.2, 0.25) is 0 Å². The Morgan fingerprint density at radius 2 is 1.81 bits per heavy atom. The molecule has 3 rings (SSSR count). The second-order valence-electron chi connectivity index (χ2n) is 7.75. The van der Waals surface area contributed by atoms with Crippen LogP contribution in [0.15, 0.2) is 65.2 Å². The monoisotopic (exact) mass is 423 g/mol. The van der Waals surface area contributed by atoms with E-state index in [4.69, 9.17) is 4.52 Å². The molecule has 0 aliphatic carbocycles. The van der Waals surface area contributed by atoms with Crippen LogP contribution in [0.3, 0.4) is 0 Å². The first-order chi connectivity index (χ1) is 14.9. The molecule has 0 atom stereocenters. The molecule has 2 aromatic carbocycles. The fourth-order valence-electron chi connectivity index (χ4n) is 3.01. The predicted octanol–water partition coefficient (Wildman–Crippen LogP) is 4.08. The summed E-state index contributed by atoms with van der Waals surface area (Å²) in [6.45, 7) is 5.11. The Morgan fingerprint density at radius 3 is 2.48 bits per heavy atom. The zero-order valence-electron chi connectivity index (χ0n) is 17.7. The van der Waals surface area contributed by atoms with Gasteiger partial charge in [0.2, 0.25) is 0 Å². The van der Waals surface area contributed by atoms with E-state index in [9.17, 15) is 14.0 Å². The molecule has 0 radical (unpaired) electrons. The lowest BCUT2D eigenvalue weighted by atomic mass is 10.1. The molecule has 3 aromatic rings. The van der Waals surface area contributed by atoms with Crippen molar-refractivity contribution in [3.05, 3.63) is 89.1 Å². The first-order valence-electron chi connectivity index (χ1n) is 10.2. The van der Waals surface area contributed by atoms with Gasteiger partial charge in [-0.1, -0.05) is 49.3 Å². The maximum absolute atomic E-state index is 13.3. The van der Waals surface area contributed by atoms with Crippen molar-refractivity contribution in [1.82, 2.24) is 15.4 Å². The molecule has 1 heterocycles. The highest BCUT2D eigenvalue weighted by atomic mass is 19.1. The molecule has 31 heavy (non-hydrogen) atoms. The van der Waals surface area contributed by atoms with Crippen molar-refractivity contribution in [3.8, 4) is 0 Å². The van der Waals surface area contributed by atoms with Crippen LogP contribution in [0.4, 0.5) is 4.39 Å². The van der Waals surface area contributed by atoms with E-state index in [1.807, 2.05) is 44.2 Å². The lowest BCUT2D eigenvalue weighted by molar-refractivity contribution is 0.0729. The molecule has 0 fully saturated rings. The van der Waals surface area contributed by atoms with E-state index < -0.39 is 5.82 Å². The van der Waals surface area contributed by atoms with Crippen LogP contribution in [-0.2, 0) is 13.0 Å². The topological polar surface area (TPSA) is 75.4 Å². The Bertz CT molecular complexity index is 1000. The predicted molar refractivity (Wildman–Crippen MR) is 115 cm³/mol. The second kappa shape index (κ2) is 10.5. The number of hydrogen-bond donors (Lipinski definition) is 1. The highest BCUT2D eigenvalue weighted by molar-refractivity contribution is 5.94. The molecule has 7 heteroatoms. The van der Waals surface area contributed by atoms with Crippen molar-refractivity contribution in [2.45, 2.75) is 26.8 Å². The molecule has 0 spiro atoms. The van der Waals surface area contributed by atoms with Gasteiger partial charge in [-0.15, -0.1) is 0 Å². The summed E-state index contributed by atoms with van der Waals surface area (Å²) >= 11 is 0. The minimum atomic E-state index is -0.403. The maximum Gasteiger partial charge on any atom is 0.273 e. The van der Waals surface area contributed by atoms with Crippen LogP contribution < -0.4 is 5.32 Å². The number of nitrogens with one attached hydrogen (secondary N) is 1. The fourth-order valence-corrected chi connectivity index (χ4v) is 3.01. The van der Waals surface area contributed by atoms with Gasteiger partial charge in [-0.05, 0) is 42.2 Å². The summed E-state index contributed by atoms with van der Waals surface area (Å²) in [5.41, 5.74) is 1.64. The number of benzene rings is 2. The van der Waals surface area contributed by atoms with E-state index >= 15 is 0 Å². The second-order valence-corrected chi connectivity index (χ2v) is 7.75. The van der Waals surface area contributed by atoms with Crippen molar-refractivity contribution in [2.24, 2.45) is 5.92 Å². The number of carbonyl (C=O) groups excluding carboxylic acids is 2. The van der Waals surface area contributed by atoms with Gasteiger partial charge in [-0.3, -0.25) is 9.59 Å². The summed E-state index contributed by atoms with van der Waals surface area (Å²) in [5, 5.41) is 6.62. The normalized spacial score (nSPS) is 10.8. The van der Waals surface area contributed by atoms with Crippen LogP contribution in [0.1, 0.15) is 46.0 Å². The Hall–Kier alpha value is -3.48. The Kier molecular flexibility index (Phi) is 7.54. The van der Waals surface area contributed by atoms with Gasteiger partial charge in [0.05, 0.1) is 6.54 Å². The van der Waals surface area contributed by atoms with Gasteiger partial charge in [0.1, 0.15) is 5.82 Å². The number of halogens is 1. The molecule has 1 aromatic heterocycles. The van der Waals surface area contributed by atoms with E-state index in [1.165, 1.54) is 24.3 Å². The van der Waals surface area contributed by atoms with E-state index in [0.717, 1.165) is 5.56 Å². The van der Waals surface area contributed by atoms with Crippen LogP contribution in [-0.4, -0.2) is 35.0 Å². The maximum atomic E-state index is 13.3. The molecule has 0 unspecified atom stereocenters. The summed E-state index contributed by atoms with van der Waals surface area (Å²) < 4.78 is 18.6. The highest BCUT2D eigenvalue weighted by Gasteiger charge is 2.20. The molecular formula is C24H26FN3O3. The van der Waals surface area contributed by atoms with Gasteiger partial charge in [0, 0.05) is 24.7 Å². The van der Waals surface area contributed by atoms with Crippen LogP contribution >= 0.6 is 0 Å². The number of aromatic nitrogens is 1. The third-order valence-electron chi connectivity index (χ3n) is 4.70. The molecule has 0 bridgehead atoms. The van der Waals surface area contributed by atoms with E-state index in [-0.39, 0.29) is 24.1 Å². The standard InChI is InChI=1S/C24H26FN3O3/c1-17(2)15-26-23(29)22-14-21(31-27-22)16-28(13-12-18-6-4-3-5-7-18)24(30)19-8-10-20(25)11-9-19/h3-11,14,17H,12-13,15-16H2,1-2H3,(H,26,29). The third-order valence-corrected chi connectivity index (χ3v) is 4.70. The largest absolute Gasteiger partial charge is 0.359 e. The quantitative estimate of drug-likeness (QED) is 0.563. The lowest BCUT2D eigenvalue weighted by Gasteiger charge is -2.21. The van der Waals surface area contributed by atoms with Crippen LogP contribution in [0.25, 0.3) is 0 Å². The van der Waals surface area contributed by atoms with Crippen LogP contribution in [0.5, 0.6) is 0 Å². The van der Waals surface area contributed by atoms with E-state index in [1.54, 1.807) is 11.0 Å². The molecule has 1 N–H and O–H groups in total. The van der Waals surface area contributed by atoms with Crippen molar-refractivity contribution in [3.63, 3.8) is 0 Å². The summed E-state index contributed by atoms with van der Waals surface area (Å²) in [6, 6.07) is 16.8. The SMILES string of the molecule is CC(C)CNC(=O)c1cc(CN(CCc2ccccc2)C(=O)c2ccc(F)cc2)on1. The number of carbonyl (C=O) groups is 2. The first-order valence-corrected chi connectivity index (χ1v) is 10.2. The van der Waals surface area contributed by atoms with Crippen molar-refractivity contribution >= 4 is 11.8 Å². The van der Waals surface area contributed by atoms with Gasteiger partial charge >= 0.3 is 0 Å². The molecule has 0 saturated carbocycles. The zero-order valence-corrected chi connectivity index (χ0v) is 17.7. The first kappa shape index (κ1) is 22.2. The molecular weight excluding hydrogens is 397 g/mol. The van der Waals surface area contributed by atoms with Crippen molar-refractivity contribution in [1.29, 1.82) is 0 Å². The molecule has 6 nitrogen and oxygen atoms in total. The third kappa shape index (κ3) is 6.50. The summed E-state index contributed by atoms with van der Waals surface area (Å²) in [5.74, 6) is -0.252. The van der Waals surface area contributed by atoms with Crippen molar-refractivity contribution in [2.75, 3.05) is 13.1 Å². The Labute approximate surface area is 181 Å². The molecule has 2 amide bonds. The smallest absolute Gasteiger partial charge is 0.273 e. The molecule has 0 aliphatic heterocycles. The number of rotatable bonds is 9. The van der Waals surface area contributed by atoms with Gasteiger partial charge in [-0.25, -0.2) is 4.39 Å². The average Bonchev–Trinajstić information content (AvgIpc) is 3.24. The zero-order chi connectivity index (χ0) is 22.2. The highest BCUT2D eigenvalue weighted by Crippen LogP contribution is 2.14. The van der Waals surface area contributed by atoms with Crippen molar-refractivity contribution < 1.29 is 18.5 Å². The average molecular weight is 423 g/mol. The van der Waals surface area contributed by atoms with Crippen LogP contribution in [0, 0.1) is 11.7 Å². The minimum Gasteiger partial charge on any atom is -0.359 e. The number of nitrogens with zero attached hydrogens (tertiary/aromatic N) is 2. The fraction of sp³-hybridized carbons (Fsp3) is 0.292. The van der Waals surface area contributed by atoms with Gasteiger partial charge in [0.15, 0.2) is 11.5 Å². The Balaban J connectivity index is 1.73. The lowest BCUT2D eigenvalue weighted by Crippen LogP contribution is -2.32. The molecule has 162 valence electrons. The molecule has 0 aliphatic rings. The van der Waals surface area contributed by atoms with E-state index in [0.29, 0.717) is 36.8 Å². The van der Waals surface area contributed by atoms with Gasteiger partial charge < -0.3 is 14.7 Å². The summed E-state index contributed by atoms with van der Waals surface area (Å²) in [7, 11) is 0. The van der Waals surface area contributed by atoms with Gasteiger partial charge in [-0.2, -0.15) is 0 Å². The summed E-state index contributed by atoms with van der Waals surface area (Å²) in [4.78, 5) is 26.9. The summed E-state index contributed by atoms with van der Waals surface area (Å²) in [6.07, 6.45) is 0.643. The number of amides is 2.